The number of hydrogen-bond donors (Lipinski definition) is 0. The number of benzene rings is 1. The Bertz CT molecular complexity index is 420. The van der Waals surface area contributed by atoms with Crippen molar-refractivity contribution in [3.8, 4) is 11.5 Å². The number of carbonyl (C=O) groups excluding carboxylic acids is 2. The van der Waals surface area contributed by atoms with E-state index in [0.29, 0.717) is 23.7 Å². The standard InChI is InChI=1S/C10H10O3.CH2O3.2K/c1-7-6-12-9-3-2-8(5-11)4-10(9)13-7;2-1(3)4;;/h2-5,7H,6H2,1H3;(H2,2,3,4);;/q;;2*+1/p-2. The summed E-state index contributed by atoms with van der Waals surface area (Å²) >= 11 is 0. The molecule has 1 aromatic rings. The van der Waals surface area contributed by atoms with Crippen LogP contribution in [0.3, 0.4) is 0 Å². The molecule has 1 atom stereocenters. The van der Waals surface area contributed by atoms with E-state index in [0.717, 1.165) is 6.29 Å². The van der Waals surface area contributed by atoms with Crippen molar-refractivity contribution in [3.05, 3.63) is 23.8 Å². The van der Waals surface area contributed by atoms with E-state index < -0.39 is 6.16 Å². The molecule has 6 nitrogen and oxygen atoms in total. The molecule has 0 aliphatic carbocycles. The molecule has 0 aromatic heterocycles. The minimum Gasteiger partial charge on any atom is -0.652 e. The van der Waals surface area contributed by atoms with Crippen LogP contribution in [-0.2, 0) is 0 Å². The predicted octanol–water partition coefficient (Wildman–Crippen LogP) is -6.78. The smallest absolute Gasteiger partial charge is 0.652 e. The molecule has 0 radical (unpaired) electrons. The maximum Gasteiger partial charge on any atom is 1.00 e. The Morgan fingerprint density at radius 3 is 2.42 bits per heavy atom. The van der Waals surface area contributed by atoms with Gasteiger partial charge >= 0.3 is 103 Å². The number of carbonyl (C=O) groups is 2. The average molecular weight is 316 g/mol. The van der Waals surface area contributed by atoms with Crippen LogP contribution in [0.4, 0.5) is 4.79 Å². The first-order valence-electron chi connectivity index (χ1n) is 4.79. The van der Waals surface area contributed by atoms with Crippen molar-refractivity contribution in [1.29, 1.82) is 0 Å². The van der Waals surface area contributed by atoms with E-state index in [-0.39, 0.29) is 109 Å². The van der Waals surface area contributed by atoms with Gasteiger partial charge in [0.25, 0.3) is 0 Å². The fourth-order valence-electron chi connectivity index (χ4n) is 1.27. The van der Waals surface area contributed by atoms with Crippen molar-refractivity contribution >= 4 is 12.4 Å². The summed E-state index contributed by atoms with van der Waals surface area (Å²) in [6.07, 6.45) is -1.49. The van der Waals surface area contributed by atoms with Gasteiger partial charge < -0.3 is 24.5 Å². The Morgan fingerprint density at radius 2 is 1.89 bits per heavy atom. The molecule has 0 fully saturated rings. The second kappa shape index (κ2) is 11.7. The molecule has 0 N–H and O–H groups in total. The van der Waals surface area contributed by atoms with E-state index in [1.807, 2.05) is 6.92 Å². The summed E-state index contributed by atoms with van der Waals surface area (Å²) in [5.74, 6) is 1.37. The van der Waals surface area contributed by atoms with Gasteiger partial charge in [-0.1, -0.05) is 0 Å². The molecule has 0 saturated carbocycles. The van der Waals surface area contributed by atoms with Crippen molar-refractivity contribution in [2.45, 2.75) is 13.0 Å². The molecule has 1 aliphatic heterocycles. The molecular formula is C11H10K2O6. The third-order valence-electron chi connectivity index (χ3n) is 1.91. The fourth-order valence-corrected chi connectivity index (χ4v) is 1.27. The molecule has 0 bridgehead atoms. The van der Waals surface area contributed by atoms with Gasteiger partial charge in [-0.2, -0.15) is 0 Å². The van der Waals surface area contributed by atoms with Gasteiger partial charge in [0.2, 0.25) is 0 Å². The molecule has 1 aliphatic rings. The normalized spacial score (nSPS) is 14.7. The third kappa shape index (κ3) is 8.81. The van der Waals surface area contributed by atoms with Crippen LogP contribution in [0.1, 0.15) is 17.3 Å². The maximum atomic E-state index is 10.5. The van der Waals surface area contributed by atoms with Gasteiger partial charge in [0.15, 0.2) is 11.5 Å². The van der Waals surface area contributed by atoms with Gasteiger partial charge in [0, 0.05) is 5.56 Å². The van der Waals surface area contributed by atoms with Crippen LogP contribution in [0, 0.1) is 0 Å². The molecule has 1 unspecified atom stereocenters. The SMILES string of the molecule is CC1COc2ccc(C=O)cc2O1.O=C([O-])[O-].[K+].[K+]. The molecule has 19 heavy (non-hydrogen) atoms. The number of ether oxygens (including phenoxy) is 2. The van der Waals surface area contributed by atoms with Crippen molar-refractivity contribution in [1.82, 2.24) is 0 Å². The van der Waals surface area contributed by atoms with Gasteiger partial charge in [-0.25, -0.2) is 0 Å². The minimum atomic E-state index is -2.33. The van der Waals surface area contributed by atoms with Gasteiger partial charge in [0.05, 0.1) is 0 Å². The van der Waals surface area contributed by atoms with Gasteiger partial charge in [0.1, 0.15) is 19.0 Å². The summed E-state index contributed by atoms with van der Waals surface area (Å²) in [4.78, 5) is 18.8. The van der Waals surface area contributed by atoms with E-state index in [1.54, 1.807) is 18.2 Å². The molecule has 2 rings (SSSR count). The topological polar surface area (TPSA) is 98.7 Å². The van der Waals surface area contributed by atoms with Crippen molar-refractivity contribution in [2.75, 3.05) is 6.61 Å². The second-order valence-corrected chi connectivity index (χ2v) is 3.31. The van der Waals surface area contributed by atoms with Crippen LogP contribution in [-0.4, -0.2) is 25.2 Å². The van der Waals surface area contributed by atoms with E-state index >= 15 is 0 Å². The summed E-state index contributed by atoms with van der Waals surface area (Å²) in [7, 11) is 0. The summed E-state index contributed by atoms with van der Waals surface area (Å²) < 4.78 is 10.9. The Balaban J connectivity index is 0. The monoisotopic (exact) mass is 316 g/mol. The van der Waals surface area contributed by atoms with Crippen LogP contribution >= 0.6 is 0 Å². The van der Waals surface area contributed by atoms with Crippen LogP contribution in [0.15, 0.2) is 18.2 Å². The van der Waals surface area contributed by atoms with Crippen molar-refractivity contribution in [3.63, 3.8) is 0 Å². The molecular weight excluding hydrogens is 306 g/mol. The zero-order valence-electron chi connectivity index (χ0n) is 11.0. The van der Waals surface area contributed by atoms with Gasteiger partial charge in [-0.05, 0) is 31.3 Å². The number of carboxylic acid groups (broad SMARTS) is 2. The molecule has 8 heteroatoms. The Kier molecular flexibility index (Phi) is 13.7. The second-order valence-electron chi connectivity index (χ2n) is 3.31. The van der Waals surface area contributed by atoms with E-state index in [2.05, 4.69) is 0 Å². The zero-order chi connectivity index (χ0) is 12.8. The molecule has 0 amide bonds. The minimum absolute atomic E-state index is 0. The number of fused-ring (bicyclic) bond motifs is 1. The van der Waals surface area contributed by atoms with E-state index in [1.165, 1.54) is 0 Å². The van der Waals surface area contributed by atoms with E-state index in [4.69, 9.17) is 24.5 Å². The van der Waals surface area contributed by atoms with Crippen LogP contribution < -0.4 is 122 Å². The molecule has 1 heterocycles. The first-order chi connectivity index (χ1) is 8.02. The van der Waals surface area contributed by atoms with Crippen molar-refractivity contribution in [2.24, 2.45) is 0 Å². The number of hydrogen-bond acceptors (Lipinski definition) is 6. The Morgan fingerprint density at radius 1 is 1.32 bits per heavy atom. The molecule has 1 aromatic carbocycles. The van der Waals surface area contributed by atoms with Gasteiger partial charge in [-0.15, -0.1) is 0 Å². The summed E-state index contributed by atoms with van der Waals surface area (Å²) in [5, 5.41) is 16.7. The summed E-state index contributed by atoms with van der Waals surface area (Å²) in [6.45, 7) is 2.49. The van der Waals surface area contributed by atoms with Gasteiger partial charge in [-0.3, -0.25) is 4.79 Å². The maximum absolute atomic E-state index is 10.5. The predicted molar refractivity (Wildman–Crippen MR) is 52.8 cm³/mol. The number of rotatable bonds is 1. The summed E-state index contributed by atoms with van der Waals surface area (Å²) in [6, 6.07) is 5.16. The first kappa shape index (κ1) is 22.3. The molecule has 0 spiro atoms. The van der Waals surface area contributed by atoms with Crippen LogP contribution in [0.2, 0.25) is 0 Å². The quantitative estimate of drug-likeness (QED) is 0.377. The molecule has 0 saturated heterocycles. The fraction of sp³-hybridized carbons (Fsp3) is 0.273. The van der Waals surface area contributed by atoms with Crippen LogP contribution in [0.5, 0.6) is 11.5 Å². The Hall–Kier alpha value is 1.03. The third-order valence-corrected chi connectivity index (χ3v) is 1.91. The summed E-state index contributed by atoms with van der Waals surface area (Å²) in [5.41, 5.74) is 0.608. The zero-order valence-corrected chi connectivity index (χ0v) is 17.3. The van der Waals surface area contributed by atoms with Crippen molar-refractivity contribution < 1.29 is 132 Å². The van der Waals surface area contributed by atoms with Crippen LogP contribution in [0.25, 0.3) is 0 Å². The van der Waals surface area contributed by atoms with E-state index in [9.17, 15) is 4.79 Å². The number of aldehydes is 1. The first-order valence-corrected chi connectivity index (χ1v) is 4.79. The Labute approximate surface area is 195 Å². The largest absolute Gasteiger partial charge is 1.00 e. The average Bonchev–Trinajstić information content (AvgIpc) is 2.27. The molecule has 92 valence electrons.